The van der Waals surface area contributed by atoms with Crippen molar-refractivity contribution in [3.05, 3.63) is 23.8 Å². The lowest BCUT2D eigenvalue weighted by atomic mass is 10.2. The fraction of sp³-hybridized carbons (Fsp3) is 0.462. The van der Waals surface area contributed by atoms with Gasteiger partial charge >= 0.3 is 0 Å². The third kappa shape index (κ3) is 6.29. The molecule has 7 heteroatoms. The first-order valence-electron chi connectivity index (χ1n) is 5.95. The number of nitrogens with zero attached hydrogens (tertiary/aromatic N) is 1. The number of nitrogens with one attached hydrogen (secondary N) is 1. The molecule has 0 aliphatic heterocycles. The van der Waals surface area contributed by atoms with E-state index >= 15 is 0 Å². The lowest BCUT2D eigenvalue weighted by Gasteiger charge is -2.09. The van der Waals surface area contributed by atoms with Crippen LogP contribution in [-0.2, 0) is 11.3 Å². The number of ether oxygens (including phenoxy) is 3. The van der Waals surface area contributed by atoms with E-state index in [0.29, 0.717) is 25.7 Å². The predicted octanol–water partition coefficient (Wildman–Crippen LogP) is 1.37. The van der Waals surface area contributed by atoms with Gasteiger partial charge in [0.1, 0.15) is 11.5 Å². The number of aliphatic imine (C=N–C) groups is 1. The Hall–Kier alpha value is -1.22. The van der Waals surface area contributed by atoms with E-state index in [1.54, 1.807) is 21.3 Å². The molecule has 1 aromatic carbocycles. The van der Waals surface area contributed by atoms with Crippen LogP contribution < -0.4 is 20.5 Å². The second-order valence-electron chi connectivity index (χ2n) is 3.80. The Labute approximate surface area is 136 Å². The van der Waals surface area contributed by atoms with Crippen LogP contribution in [0.4, 0.5) is 0 Å². The smallest absolute Gasteiger partial charge is 0.189 e. The minimum atomic E-state index is 0. The molecule has 0 aromatic heterocycles. The minimum Gasteiger partial charge on any atom is -0.497 e. The highest BCUT2D eigenvalue weighted by atomic mass is 127. The number of guanidine groups is 1. The van der Waals surface area contributed by atoms with Gasteiger partial charge < -0.3 is 25.3 Å². The Kier molecular flexibility index (Phi) is 9.91. The van der Waals surface area contributed by atoms with Crippen molar-refractivity contribution in [3.8, 4) is 11.5 Å². The standard InChI is InChI=1S/C13H21N3O3.HI/c1-17-7-6-15-13(14)16-9-10-4-5-11(18-2)8-12(10)19-3;/h4-5,8H,6-7,9H2,1-3H3,(H3,14,15,16);1H. The number of benzene rings is 1. The highest BCUT2D eigenvalue weighted by Gasteiger charge is 2.04. The Morgan fingerprint density at radius 3 is 2.60 bits per heavy atom. The maximum absolute atomic E-state index is 5.73. The van der Waals surface area contributed by atoms with Crippen LogP contribution in [0.25, 0.3) is 0 Å². The Balaban J connectivity index is 0.00000361. The zero-order chi connectivity index (χ0) is 14.1. The highest BCUT2D eigenvalue weighted by molar-refractivity contribution is 14.0. The van der Waals surface area contributed by atoms with Gasteiger partial charge in [-0.15, -0.1) is 24.0 Å². The molecule has 0 amide bonds. The summed E-state index contributed by atoms with van der Waals surface area (Å²) in [6.45, 7) is 1.66. The molecule has 0 radical (unpaired) electrons. The van der Waals surface area contributed by atoms with E-state index in [2.05, 4.69) is 10.3 Å². The van der Waals surface area contributed by atoms with Crippen molar-refractivity contribution in [3.63, 3.8) is 0 Å². The zero-order valence-electron chi connectivity index (χ0n) is 12.0. The van der Waals surface area contributed by atoms with E-state index in [-0.39, 0.29) is 24.0 Å². The van der Waals surface area contributed by atoms with Gasteiger partial charge in [0.25, 0.3) is 0 Å². The normalized spacial score (nSPS) is 10.7. The molecule has 0 unspecified atom stereocenters. The molecule has 0 saturated heterocycles. The number of halogens is 1. The molecule has 6 nitrogen and oxygen atoms in total. The summed E-state index contributed by atoms with van der Waals surface area (Å²) in [5, 5.41) is 2.95. The molecule has 1 aromatic rings. The van der Waals surface area contributed by atoms with Crippen LogP contribution in [0.2, 0.25) is 0 Å². The van der Waals surface area contributed by atoms with Crippen LogP contribution in [0.15, 0.2) is 23.2 Å². The number of nitrogens with two attached hydrogens (primary N) is 1. The number of rotatable bonds is 7. The van der Waals surface area contributed by atoms with Gasteiger partial charge in [0.2, 0.25) is 0 Å². The van der Waals surface area contributed by atoms with Gasteiger partial charge in [0, 0.05) is 25.3 Å². The summed E-state index contributed by atoms with van der Waals surface area (Å²) in [6, 6.07) is 5.59. The second-order valence-corrected chi connectivity index (χ2v) is 3.80. The van der Waals surface area contributed by atoms with Gasteiger partial charge in [-0.1, -0.05) is 0 Å². The van der Waals surface area contributed by atoms with Crippen LogP contribution >= 0.6 is 24.0 Å². The molecule has 0 spiro atoms. The van der Waals surface area contributed by atoms with E-state index in [9.17, 15) is 0 Å². The molecule has 0 atom stereocenters. The van der Waals surface area contributed by atoms with Gasteiger partial charge in [0.15, 0.2) is 5.96 Å². The van der Waals surface area contributed by atoms with Gasteiger partial charge in [0.05, 0.1) is 27.4 Å². The minimum absolute atomic E-state index is 0. The van der Waals surface area contributed by atoms with Crippen molar-refractivity contribution in [1.29, 1.82) is 0 Å². The van der Waals surface area contributed by atoms with Crippen molar-refractivity contribution < 1.29 is 14.2 Å². The SMILES string of the molecule is COCCNC(N)=NCc1ccc(OC)cc1OC.I. The summed E-state index contributed by atoms with van der Waals surface area (Å²) in [5.74, 6) is 1.86. The predicted molar refractivity (Wildman–Crippen MR) is 90.2 cm³/mol. The quantitative estimate of drug-likeness (QED) is 0.316. The highest BCUT2D eigenvalue weighted by Crippen LogP contribution is 2.24. The molecule has 0 aliphatic rings. The Bertz CT molecular complexity index is 427. The van der Waals surface area contributed by atoms with Gasteiger partial charge in [-0.25, -0.2) is 4.99 Å². The van der Waals surface area contributed by atoms with Crippen LogP contribution in [-0.4, -0.2) is 40.4 Å². The van der Waals surface area contributed by atoms with Crippen LogP contribution in [0.3, 0.4) is 0 Å². The lowest BCUT2D eigenvalue weighted by Crippen LogP contribution is -2.34. The van der Waals surface area contributed by atoms with E-state index in [4.69, 9.17) is 19.9 Å². The maximum atomic E-state index is 5.73. The molecule has 0 heterocycles. The third-order valence-electron chi connectivity index (χ3n) is 2.53. The van der Waals surface area contributed by atoms with Gasteiger partial charge in [-0.05, 0) is 12.1 Å². The third-order valence-corrected chi connectivity index (χ3v) is 2.53. The maximum Gasteiger partial charge on any atom is 0.189 e. The second kappa shape index (κ2) is 10.6. The number of hydrogen-bond donors (Lipinski definition) is 2. The molecule has 0 fully saturated rings. The van der Waals surface area contributed by atoms with Crippen LogP contribution in [0.5, 0.6) is 11.5 Å². The van der Waals surface area contributed by atoms with E-state index in [1.165, 1.54) is 0 Å². The zero-order valence-corrected chi connectivity index (χ0v) is 14.3. The Morgan fingerprint density at radius 1 is 1.25 bits per heavy atom. The van der Waals surface area contributed by atoms with Crippen molar-refractivity contribution in [1.82, 2.24) is 5.32 Å². The summed E-state index contributed by atoms with van der Waals surface area (Å²) in [4.78, 5) is 4.24. The summed E-state index contributed by atoms with van der Waals surface area (Å²) in [7, 11) is 4.86. The van der Waals surface area contributed by atoms with Crippen LogP contribution in [0, 0.1) is 0 Å². The molecule has 3 N–H and O–H groups in total. The van der Waals surface area contributed by atoms with E-state index in [0.717, 1.165) is 17.1 Å². The molecular weight excluding hydrogens is 373 g/mol. The lowest BCUT2D eigenvalue weighted by molar-refractivity contribution is 0.204. The summed E-state index contributed by atoms with van der Waals surface area (Å²) in [6.07, 6.45) is 0. The average molecular weight is 395 g/mol. The molecule has 20 heavy (non-hydrogen) atoms. The summed E-state index contributed by atoms with van der Waals surface area (Å²) >= 11 is 0. The number of methoxy groups -OCH3 is 3. The first-order chi connectivity index (χ1) is 9.21. The molecule has 0 aliphatic carbocycles. The van der Waals surface area contributed by atoms with Gasteiger partial charge in [-0.3, -0.25) is 0 Å². The first kappa shape index (κ1) is 18.8. The van der Waals surface area contributed by atoms with Crippen molar-refractivity contribution in [2.45, 2.75) is 6.54 Å². The molecule has 0 saturated carbocycles. The average Bonchev–Trinajstić information content (AvgIpc) is 2.45. The Morgan fingerprint density at radius 2 is 2.00 bits per heavy atom. The summed E-state index contributed by atoms with van der Waals surface area (Å²) in [5.41, 5.74) is 6.67. The topological polar surface area (TPSA) is 78.1 Å². The van der Waals surface area contributed by atoms with E-state index < -0.39 is 0 Å². The van der Waals surface area contributed by atoms with E-state index in [1.807, 2.05) is 18.2 Å². The van der Waals surface area contributed by atoms with Crippen molar-refractivity contribution in [2.24, 2.45) is 10.7 Å². The first-order valence-corrected chi connectivity index (χ1v) is 5.95. The van der Waals surface area contributed by atoms with Crippen molar-refractivity contribution >= 4 is 29.9 Å². The fourth-order valence-corrected chi connectivity index (χ4v) is 1.49. The molecule has 0 bridgehead atoms. The van der Waals surface area contributed by atoms with Gasteiger partial charge in [-0.2, -0.15) is 0 Å². The number of hydrogen-bond acceptors (Lipinski definition) is 4. The summed E-state index contributed by atoms with van der Waals surface area (Å²) < 4.78 is 15.3. The molecule has 114 valence electrons. The largest absolute Gasteiger partial charge is 0.497 e. The molecular formula is C13H22IN3O3. The molecule has 1 rings (SSSR count). The monoisotopic (exact) mass is 395 g/mol. The fourth-order valence-electron chi connectivity index (χ4n) is 1.49. The van der Waals surface area contributed by atoms with Crippen molar-refractivity contribution in [2.75, 3.05) is 34.5 Å². The van der Waals surface area contributed by atoms with Crippen LogP contribution in [0.1, 0.15) is 5.56 Å².